The largest absolute Gasteiger partial charge is 0.0925 e. The first-order valence-corrected chi connectivity index (χ1v) is 7.46. The number of alkyl halides is 1. The molecule has 0 aliphatic heterocycles. The molecule has 0 saturated heterocycles. The summed E-state index contributed by atoms with van der Waals surface area (Å²) >= 11 is 13.2. The summed E-state index contributed by atoms with van der Waals surface area (Å²) in [5.41, 5.74) is 1.25. The van der Waals surface area contributed by atoms with E-state index in [-0.39, 0.29) is 0 Å². The van der Waals surface area contributed by atoms with Crippen molar-refractivity contribution in [3.05, 3.63) is 33.3 Å². The third kappa shape index (κ3) is 4.46. The van der Waals surface area contributed by atoms with Crippen LogP contribution in [0.4, 0.5) is 0 Å². The lowest BCUT2D eigenvalue weighted by molar-refractivity contribution is 0.534. The van der Waals surface area contributed by atoms with Gasteiger partial charge < -0.3 is 0 Å². The third-order valence-corrected chi connectivity index (χ3v) is 4.20. The lowest BCUT2D eigenvalue weighted by Crippen LogP contribution is -2.06. The van der Waals surface area contributed by atoms with Gasteiger partial charge in [-0.3, -0.25) is 0 Å². The van der Waals surface area contributed by atoms with Crippen LogP contribution in [0.2, 0.25) is 5.02 Å². The topological polar surface area (TPSA) is 0 Å². The van der Waals surface area contributed by atoms with Gasteiger partial charge in [-0.15, -0.1) is 0 Å². The minimum absolute atomic E-state index is 0.689. The number of halogens is 3. The van der Waals surface area contributed by atoms with E-state index in [2.05, 4.69) is 50.9 Å². The van der Waals surface area contributed by atoms with E-state index in [0.29, 0.717) is 5.92 Å². The van der Waals surface area contributed by atoms with Gasteiger partial charge in [0.05, 0.1) is 0 Å². The number of hydrogen-bond acceptors (Lipinski definition) is 0. The number of benzene rings is 1. The summed E-state index contributed by atoms with van der Waals surface area (Å²) in [6.45, 7) is 2.22. The molecule has 0 aliphatic rings. The monoisotopic (exact) mass is 352 g/mol. The van der Waals surface area contributed by atoms with Crippen molar-refractivity contribution in [2.75, 3.05) is 5.33 Å². The molecule has 1 aromatic rings. The van der Waals surface area contributed by atoms with Crippen molar-refractivity contribution in [2.45, 2.75) is 26.2 Å². The van der Waals surface area contributed by atoms with Crippen LogP contribution >= 0.6 is 43.5 Å². The van der Waals surface area contributed by atoms with E-state index in [9.17, 15) is 0 Å². The Morgan fingerprint density at radius 1 is 1.40 bits per heavy atom. The zero-order chi connectivity index (χ0) is 11.3. The molecule has 0 heterocycles. The van der Waals surface area contributed by atoms with Crippen molar-refractivity contribution in [2.24, 2.45) is 5.92 Å². The standard InChI is InChI=1S/C12H15Br2Cl/c1-2-3-9(8-13)6-10-4-5-11(14)7-12(10)15/h4-5,7,9H,2-3,6,8H2,1H3. The van der Waals surface area contributed by atoms with Gasteiger partial charge in [-0.25, -0.2) is 0 Å². The second-order valence-electron chi connectivity index (χ2n) is 3.75. The van der Waals surface area contributed by atoms with Crippen molar-refractivity contribution in [1.29, 1.82) is 0 Å². The van der Waals surface area contributed by atoms with E-state index in [4.69, 9.17) is 11.6 Å². The Morgan fingerprint density at radius 3 is 2.67 bits per heavy atom. The predicted octanol–water partition coefficient (Wildman–Crippen LogP) is 5.46. The van der Waals surface area contributed by atoms with Crippen LogP contribution in [0.15, 0.2) is 22.7 Å². The van der Waals surface area contributed by atoms with E-state index in [0.717, 1.165) is 21.2 Å². The summed E-state index contributed by atoms with van der Waals surface area (Å²) in [7, 11) is 0. The molecule has 84 valence electrons. The Labute approximate surface area is 114 Å². The Morgan fingerprint density at radius 2 is 2.13 bits per heavy atom. The fourth-order valence-electron chi connectivity index (χ4n) is 1.64. The van der Waals surface area contributed by atoms with Gasteiger partial charge in [0.2, 0.25) is 0 Å². The Balaban J connectivity index is 2.70. The van der Waals surface area contributed by atoms with Gasteiger partial charge in [-0.2, -0.15) is 0 Å². The highest BCUT2D eigenvalue weighted by Gasteiger charge is 2.09. The Kier molecular flexibility index (Phi) is 6.25. The lowest BCUT2D eigenvalue weighted by atomic mass is 9.97. The van der Waals surface area contributed by atoms with Gasteiger partial charge in [-0.05, 0) is 36.5 Å². The molecule has 0 aliphatic carbocycles. The Bertz CT molecular complexity index is 312. The maximum atomic E-state index is 6.19. The average Bonchev–Trinajstić information content (AvgIpc) is 2.21. The van der Waals surface area contributed by atoms with Crippen LogP contribution in [0.1, 0.15) is 25.3 Å². The zero-order valence-corrected chi connectivity index (χ0v) is 12.7. The summed E-state index contributed by atoms with van der Waals surface area (Å²) < 4.78 is 1.04. The molecule has 3 heteroatoms. The van der Waals surface area contributed by atoms with Crippen molar-refractivity contribution in [3.63, 3.8) is 0 Å². The molecule has 0 saturated carbocycles. The first-order chi connectivity index (χ1) is 7.17. The van der Waals surface area contributed by atoms with Crippen LogP contribution in [0.5, 0.6) is 0 Å². The molecule has 1 aromatic carbocycles. The molecule has 15 heavy (non-hydrogen) atoms. The maximum absolute atomic E-state index is 6.19. The third-order valence-electron chi connectivity index (χ3n) is 2.44. The van der Waals surface area contributed by atoms with Crippen molar-refractivity contribution < 1.29 is 0 Å². The van der Waals surface area contributed by atoms with Crippen LogP contribution in [-0.4, -0.2) is 5.33 Å². The minimum Gasteiger partial charge on any atom is -0.0925 e. The van der Waals surface area contributed by atoms with Crippen LogP contribution in [0, 0.1) is 5.92 Å². The molecule has 0 bridgehead atoms. The summed E-state index contributed by atoms with van der Waals surface area (Å²) in [5, 5.41) is 1.92. The molecule has 1 atom stereocenters. The molecular formula is C12H15Br2Cl. The van der Waals surface area contributed by atoms with Crippen molar-refractivity contribution in [3.8, 4) is 0 Å². The fourth-order valence-corrected chi connectivity index (χ4v) is 2.94. The zero-order valence-electron chi connectivity index (χ0n) is 8.77. The second kappa shape index (κ2) is 6.93. The summed E-state index contributed by atoms with van der Waals surface area (Å²) in [6.07, 6.45) is 3.53. The number of rotatable bonds is 5. The van der Waals surface area contributed by atoms with Gasteiger partial charge in [-0.1, -0.05) is 62.9 Å². The highest BCUT2D eigenvalue weighted by atomic mass is 79.9. The van der Waals surface area contributed by atoms with Gasteiger partial charge in [0.25, 0.3) is 0 Å². The average molecular weight is 355 g/mol. The first-order valence-electron chi connectivity index (χ1n) is 5.17. The van der Waals surface area contributed by atoms with Crippen LogP contribution in [-0.2, 0) is 6.42 Å². The molecule has 0 radical (unpaired) electrons. The second-order valence-corrected chi connectivity index (χ2v) is 5.72. The maximum Gasteiger partial charge on any atom is 0.0449 e. The smallest absolute Gasteiger partial charge is 0.0449 e. The molecular weight excluding hydrogens is 339 g/mol. The van der Waals surface area contributed by atoms with Gasteiger partial charge in [0.15, 0.2) is 0 Å². The van der Waals surface area contributed by atoms with Crippen molar-refractivity contribution in [1.82, 2.24) is 0 Å². The van der Waals surface area contributed by atoms with E-state index < -0.39 is 0 Å². The summed E-state index contributed by atoms with van der Waals surface area (Å²) in [4.78, 5) is 0. The molecule has 0 nitrogen and oxygen atoms in total. The molecule has 0 spiro atoms. The quantitative estimate of drug-likeness (QED) is 0.616. The molecule has 0 amide bonds. The van der Waals surface area contributed by atoms with E-state index in [1.165, 1.54) is 18.4 Å². The van der Waals surface area contributed by atoms with Gasteiger partial charge in [0, 0.05) is 14.8 Å². The lowest BCUT2D eigenvalue weighted by Gasteiger charge is -2.13. The van der Waals surface area contributed by atoms with E-state index in [1.807, 2.05) is 6.07 Å². The number of hydrogen-bond donors (Lipinski definition) is 0. The van der Waals surface area contributed by atoms with Crippen LogP contribution < -0.4 is 0 Å². The van der Waals surface area contributed by atoms with Gasteiger partial charge >= 0.3 is 0 Å². The summed E-state index contributed by atoms with van der Waals surface area (Å²) in [5.74, 6) is 0.689. The van der Waals surface area contributed by atoms with Crippen LogP contribution in [0.25, 0.3) is 0 Å². The minimum atomic E-state index is 0.689. The highest BCUT2D eigenvalue weighted by molar-refractivity contribution is 9.10. The first kappa shape index (κ1) is 13.5. The Hall–Kier alpha value is 0.470. The highest BCUT2D eigenvalue weighted by Crippen LogP contribution is 2.25. The van der Waals surface area contributed by atoms with E-state index >= 15 is 0 Å². The van der Waals surface area contributed by atoms with Crippen LogP contribution in [0.3, 0.4) is 0 Å². The van der Waals surface area contributed by atoms with Crippen molar-refractivity contribution >= 4 is 43.5 Å². The molecule has 0 N–H and O–H groups in total. The van der Waals surface area contributed by atoms with Gasteiger partial charge in [0.1, 0.15) is 0 Å². The fraction of sp³-hybridized carbons (Fsp3) is 0.500. The van der Waals surface area contributed by atoms with E-state index in [1.54, 1.807) is 0 Å². The SMILES string of the molecule is CCCC(CBr)Cc1ccc(Br)cc1Cl. The predicted molar refractivity (Wildman–Crippen MR) is 75.0 cm³/mol. The normalized spacial score (nSPS) is 12.8. The molecule has 1 rings (SSSR count). The molecule has 1 unspecified atom stereocenters. The molecule has 0 fully saturated rings. The molecule has 0 aromatic heterocycles. The summed E-state index contributed by atoms with van der Waals surface area (Å²) in [6, 6.07) is 6.13.